The number of fused-ring (bicyclic) bond motifs is 1. The lowest BCUT2D eigenvalue weighted by Crippen LogP contribution is -2.49. The van der Waals surface area contributed by atoms with Crippen LogP contribution in [0.4, 0.5) is 0 Å². The van der Waals surface area contributed by atoms with Crippen molar-refractivity contribution in [2.24, 2.45) is 11.8 Å². The molecule has 1 aliphatic heterocycles. The lowest BCUT2D eigenvalue weighted by Gasteiger charge is -2.36. The molecule has 1 aliphatic carbocycles. The SMILES string of the molecule is CN1CCN(C(=O)C2CCC(Cn3nnc4ccccc4c3=O)CC2)CC1. The summed E-state index contributed by atoms with van der Waals surface area (Å²) in [7, 11) is 2.10. The van der Waals surface area contributed by atoms with Crippen molar-refractivity contribution in [3.8, 4) is 0 Å². The zero-order valence-corrected chi connectivity index (χ0v) is 15.9. The molecule has 1 saturated carbocycles. The molecule has 1 amide bonds. The molecule has 4 rings (SSSR count). The molecule has 0 spiro atoms. The monoisotopic (exact) mass is 369 g/mol. The Hall–Kier alpha value is -2.28. The maximum atomic E-state index is 12.8. The maximum absolute atomic E-state index is 12.8. The molecule has 0 bridgehead atoms. The summed E-state index contributed by atoms with van der Waals surface area (Å²) < 4.78 is 1.50. The second-order valence-electron chi connectivity index (χ2n) is 7.94. The molecule has 2 aliphatic rings. The minimum Gasteiger partial charge on any atom is -0.340 e. The predicted octanol–water partition coefficient (Wildman–Crippen LogP) is 1.37. The molecule has 1 saturated heterocycles. The number of piperazine rings is 1. The molecular formula is C20H27N5O2. The average molecular weight is 369 g/mol. The lowest BCUT2D eigenvalue weighted by molar-refractivity contribution is -0.138. The van der Waals surface area contributed by atoms with Gasteiger partial charge in [-0.15, -0.1) is 5.10 Å². The summed E-state index contributed by atoms with van der Waals surface area (Å²) in [6.45, 7) is 4.20. The summed E-state index contributed by atoms with van der Waals surface area (Å²) in [5.41, 5.74) is 0.566. The first-order chi connectivity index (χ1) is 13.1. The quantitative estimate of drug-likeness (QED) is 0.817. The van der Waals surface area contributed by atoms with E-state index in [2.05, 4.69) is 22.3 Å². The van der Waals surface area contributed by atoms with Crippen LogP contribution in [0.15, 0.2) is 29.1 Å². The summed E-state index contributed by atoms with van der Waals surface area (Å²) in [5, 5.41) is 8.89. The second-order valence-corrected chi connectivity index (χ2v) is 7.94. The van der Waals surface area contributed by atoms with Gasteiger partial charge in [0.05, 0.1) is 5.39 Å². The molecule has 0 unspecified atom stereocenters. The topological polar surface area (TPSA) is 71.3 Å². The first kappa shape index (κ1) is 18.1. The first-order valence-electron chi connectivity index (χ1n) is 9.91. The largest absolute Gasteiger partial charge is 0.340 e. The number of carbonyl (C=O) groups is 1. The van der Waals surface area contributed by atoms with Crippen LogP contribution in [-0.2, 0) is 11.3 Å². The van der Waals surface area contributed by atoms with Crippen molar-refractivity contribution < 1.29 is 4.79 Å². The van der Waals surface area contributed by atoms with Crippen LogP contribution in [0.2, 0.25) is 0 Å². The Morgan fingerprint density at radius 1 is 1.07 bits per heavy atom. The number of benzene rings is 1. The Morgan fingerprint density at radius 2 is 1.78 bits per heavy atom. The van der Waals surface area contributed by atoms with Crippen molar-refractivity contribution in [3.05, 3.63) is 34.6 Å². The van der Waals surface area contributed by atoms with Crippen molar-refractivity contribution in [2.75, 3.05) is 33.2 Å². The van der Waals surface area contributed by atoms with E-state index in [1.807, 2.05) is 23.1 Å². The molecule has 7 nitrogen and oxygen atoms in total. The van der Waals surface area contributed by atoms with Gasteiger partial charge >= 0.3 is 0 Å². The van der Waals surface area contributed by atoms with E-state index in [9.17, 15) is 9.59 Å². The van der Waals surface area contributed by atoms with Crippen LogP contribution in [0.5, 0.6) is 0 Å². The standard InChI is InChI=1S/C20H27N5O2/c1-23-10-12-24(13-11-23)19(26)16-8-6-15(7-9-16)14-25-20(27)17-4-2-3-5-18(17)21-22-25/h2-5,15-16H,6-14H2,1H3. The van der Waals surface area contributed by atoms with Gasteiger partial charge in [-0.1, -0.05) is 17.3 Å². The number of hydrogen-bond acceptors (Lipinski definition) is 5. The number of likely N-dealkylation sites (N-methyl/N-ethyl adjacent to an activating group) is 1. The molecule has 0 atom stereocenters. The molecule has 0 radical (unpaired) electrons. The summed E-state index contributed by atoms with van der Waals surface area (Å²) in [4.78, 5) is 29.7. The van der Waals surface area contributed by atoms with E-state index in [1.54, 1.807) is 6.07 Å². The van der Waals surface area contributed by atoms with Gasteiger partial charge in [0.25, 0.3) is 5.56 Å². The van der Waals surface area contributed by atoms with Crippen LogP contribution < -0.4 is 5.56 Å². The first-order valence-corrected chi connectivity index (χ1v) is 9.91. The second kappa shape index (κ2) is 7.76. The Morgan fingerprint density at radius 3 is 2.52 bits per heavy atom. The summed E-state index contributed by atoms with van der Waals surface area (Å²) in [5.74, 6) is 0.850. The molecule has 2 fully saturated rings. The Bertz CT molecular complexity index is 864. The van der Waals surface area contributed by atoms with Gasteiger partial charge in [-0.05, 0) is 50.8 Å². The van der Waals surface area contributed by atoms with Crippen molar-refractivity contribution in [3.63, 3.8) is 0 Å². The van der Waals surface area contributed by atoms with E-state index in [0.29, 0.717) is 29.3 Å². The molecule has 27 heavy (non-hydrogen) atoms. The van der Waals surface area contributed by atoms with E-state index < -0.39 is 0 Å². The van der Waals surface area contributed by atoms with E-state index in [-0.39, 0.29) is 11.5 Å². The molecule has 144 valence electrons. The third-order valence-electron chi connectivity index (χ3n) is 6.07. The highest BCUT2D eigenvalue weighted by Crippen LogP contribution is 2.31. The average Bonchev–Trinajstić information content (AvgIpc) is 2.71. The van der Waals surface area contributed by atoms with Crippen LogP contribution in [0.25, 0.3) is 10.9 Å². The number of rotatable bonds is 3. The van der Waals surface area contributed by atoms with Crippen LogP contribution >= 0.6 is 0 Å². The number of aromatic nitrogens is 3. The number of hydrogen-bond donors (Lipinski definition) is 0. The predicted molar refractivity (Wildman–Crippen MR) is 103 cm³/mol. The van der Waals surface area contributed by atoms with E-state index in [0.717, 1.165) is 51.9 Å². The van der Waals surface area contributed by atoms with Gasteiger partial charge in [0.1, 0.15) is 5.52 Å². The Labute approximate surface area is 158 Å². The third kappa shape index (κ3) is 3.88. The summed E-state index contributed by atoms with van der Waals surface area (Å²) in [6.07, 6.45) is 3.74. The van der Waals surface area contributed by atoms with E-state index in [1.165, 1.54) is 4.68 Å². The zero-order chi connectivity index (χ0) is 18.8. The lowest BCUT2D eigenvalue weighted by atomic mass is 9.81. The highest BCUT2D eigenvalue weighted by molar-refractivity contribution is 5.79. The fraction of sp³-hybridized carbons (Fsp3) is 0.600. The van der Waals surface area contributed by atoms with Crippen LogP contribution in [0.3, 0.4) is 0 Å². The van der Waals surface area contributed by atoms with Gasteiger partial charge in [-0.2, -0.15) is 0 Å². The Balaban J connectivity index is 1.35. The van der Waals surface area contributed by atoms with Gasteiger partial charge in [0.15, 0.2) is 0 Å². The van der Waals surface area contributed by atoms with Gasteiger partial charge in [-0.3, -0.25) is 9.59 Å². The molecule has 7 heteroatoms. The third-order valence-corrected chi connectivity index (χ3v) is 6.07. The summed E-state index contributed by atoms with van der Waals surface area (Å²) >= 11 is 0. The highest BCUT2D eigenvalue weighted by atomic mass is 16.2. The number of carbonyl (C=O) groups excluding carboxylic acids is 1. The minimum atomic E-state index is -0.0729. The van der Waals surface area contributed by atoms with Gasteiger partial charge in [0, 0.05) is 38.6 Å². The maximum Gasteiger partial charge on any atom is 0.277 e. The molecule has 0 N–H and O–H groups in total. The number of nitrogens with zero attached hydrogens (tertiary/aromatic N) is 5. The fourth-order valence-electron chi connectivity index (χ4n) is 4.26. The minimum absolute atomic E-state index is 0.0729. The van der Waals surface area contributed by atoms with E-state index in [4.69, 9.17) is 0 Å². The van der Waals surface area contributed by atoms with Crippen LogP contribution in [-0.4, -0.2) is 63.9 Å². The zero-order valence-electron chi connectivity index (χ0n) is 15.9. The number of amides is 1. The van der Waals surface area contributed by atoms with Crippen molar-refractivity contribution in [2.45, 2.75) is 32.2 Å². The molecule has 2 aromatic rings. The molecule has 2 heterocycles. The molecule has 1 aromatic heterocycles. The Kier molecular flexibility index (Phi) is 5.20. The van der Waals surface area contributed by atoms with Crippen molar-refractivity contribution >= 4 is 16.8 Å². The highest BCUT2D eigenvalue weighted by Gasteiger charge is 2.31. The van der Waals surface area contributed by atoms with Gasteiger partial charge in [0.2, 0.25) is 5.91 Å². The fourth-order valence-corrected chi connectivity index (χ4v) is 4.26. The van der Waals surface area contributed by atoms with Crippen LogP contribution in [0, 0.1) is 11.8 Å². The van der Waals surface area contributed by atoms with Gasteiger partial charge < -0.3 is 9.80 Å². The smallest absolute Gasteiger partial charge is 0.277 e. The molecular weight excluding hydrogens is 342 g/mol. The van der Waals surface area contributed by atoms with Gasteiger partial charge in [-0.25, -0.2) is 4.68 Å². The van der Waals surface area contributed by atoms with E-state index >= 15 is 0 Å². The van der Waals surface area contributed by atoms with Crippen molar-refractivity contribution in [1.82, 2.24) is 24.8 Å². The van der Waals surface area contributed by atoms with Crippen LogP contribution in [0.1, 0.15) is 25.7 Å². The molecule has 1 aromatic carbocycles. The normalized spacial score (nSPS) is 24.3. The summed E-state index contributed by atoms with van der Waals surface area (Å²) in [6, 6.07) is 7.32. The van der Waals surface area contributed by atoms with Crippen molar-refractivity contribution in [1.29, 1.82) is 0 Å².